The van der Waals surface area contributed by atoms with Crippen LogP contribution in [0.5, 0.6) is 0 Å². The molecule has 2 rings (SSSR count). The molecule has 0 saturated heterocycles. The average Bonchev–Trinajstić information content (AvgIpc) is 2.82. The summed E-state index contributed by atoms with van der Waals surface area (Å²) in [5.41, 5.74) is 1.69. The van der Waals surface area contributed by atoms with Gasteiger partial charge in [-0.15, -0.1) is 0 Å². The van der Waals surface area contributed by atoms with E-state index in [0.717, 1.165) is 11.3 Å². The predicted octanol–water partition coefficient (Wildman–Crippen LogP) is 3.03. The third-order valence-corrected chi connectivity index (χ3v) is 3.12. The number of aliphatic hydroxyl groups is 1. The summed E-state index contributed by atoms with van der Waals surface area (Å²) in [6, 6.07) is 13.9. The highest BCUT2D eigenvalue weighted by Gasteiger charge is 2.31. The summed E-state index contributed by atoms with van der Waals surface area (Å²) >= 11 is 0. The maximum atomic E-state index is 10.4. The third-order valence-electron chi connectivity index (χ3n) is 3.12. The first-order valence-electron chi connectivity index (χ1n) is 5.49. The molecule has 2 N–H and O–H groups in total. The van der Waals surface area contributed by atoms with E-state index >= 15 is 0 Å². The van der Waals surface area contributed by atoms with Crippen molar-refractivity contribution >= 4 is 0 Å². The Labute approximate surface area is 96.0 Å². The van der Waals surface area contributed by atoms with Gasteiger partial charge in [-0.1, -0.05) is 44.2 Å². The molecule has 0 bridgehead atoms. The smallest absolute Gasteiger partial charge is 0.103 e. The van der Waals surface area contributed by atoms with E-state index in [9.17, 15) is 5.11 Å². The Morgan fingerprint density at radius 3 is 2.31 bits per heavy atom. The summed E-state index contributed by atoms with van der Waals surface area (Å²) in [5, 5.41) is 10.4. The van der Waals surface area contributed by atoms with Crippen LogP contribution in [0.3, 0.4) is 0 Å². The second-order valence-electron chi connectivity index (χ2n) is 4.62. The van der Waals surface area contributed by atoms with E-state index in [-0.39, 0.29) is 5.41 Å². The van der Waals surface area contributed by atoms with Gasteiger partial charge in [0, 0.05) is 17.3 Å². The molecule has 0 aliphatic rings. The Morgan fingerprint density at radius 1 is 1.06 bits per heavy atom. The van der Waals surface area contributed by atoms with Crippen LogP contribution in [0.25, 0.3) is 0 Å². The van der Waals surface area contributed by atoms with Crippen molar-refractivity contribution in [2.75, 3.05) is 0 Å². The van der Waals surface area contributed by atoms with Crippen molar-refractivity contribution in [1.29, 1.82) is 0 Å². The predicted molar refractivity (Wildman–Crippen MR) is 65.2 cm³/mol. The third kappa shape index (κ3) is 1.89. The van der Waals surface area contributed by atoms with E-state index in [0.29, 0.717) is 0 Å². The van der Waals surface area contributed by atoms with Gasteiger partial charge >= 0.3 is 0 Å². The Kier molecular flexibility index (Phi) is 2.84. The maximum Gasteiger partial charge on any atom is 0.103 e. The van der Waals surface area contributed by atoms with Gasteiger partial charge in [-0.2, -0.15) is 0 Å². The first-order chi connectivity index (χ1) is 7.62. The molecular formula is C14H17NO. The molecule has 0 amide bonds. The molecule has 0 saturated carbocycles. The second kappa shape index (κ2) is 4.14. The second-order valence-corrected chi connectivity index (χ2v) is 4.62. The largest absolute Gasteiger partial charge is 0.386 e. The number of hydrogen-bond acceptors (Lipinski definition) is 1. The van der Waals surface area contributed by atoms with E-state index in [4.69, 9.17) is 0 Å². The summed E-state index contributed by atoms with van der Waals surface area (Å²) in [5.74, 6) is 0. The Morgan fingerprint density at radius 2 is 1.75 bits per heavy atom. The molecule has 1 unspecified atom stereocenters. The van der Waals surface area contributed by atoms with Crippen molar-refractivity contribution < 1.29 is 5.11 Å². The molecular weight excluding hydrogens is 198 g/mol. The molecule has 1 atom stereocenters. The zero-order valence-electron chi connectivity index (χ0n) is 9.64. The minimum Gasteiger partial charge on any atom is -0.386 e. The fraction of sp³-hybridized carbons (Fsp3) is 0.286. The minimum atomic E-state index is -0.523. The lowest BCUT2D eigenvalue weighted by Gasteiger charge is -2.30. The highest BCUT2D eigenvalue weighted by Crippen LogP contribution is 2.35. The van der Waals surface area contributed by atoms with E-state index in [2.05, 4.69) is 4.98 Å². The number of aliphatic hydroxyl groups excluding tert-OH is 1. The van der Waals surface area contributed by atoms with Crippen LogP contribution in [-0.2, 0) is 5.41 Å². The Balaban J connectivity index is 2.32. The number of aromatic nitrogens is 1. The van der Waals surface area contributed by atoms with Gasteiger partial charge in [0.15, 0.2) is 0 Å². The first kappa shape index (κ1) is 11.0. The average molecular weight is 215 g/mol. The molecule has 1 aromatic heterocycles. The van der Waals surface area contributed by atoms with Gasteiger partial charge in [0.2, 0.25) is 0 Å². The van der Waals surface area contributed by atoms with Crippen LogP contribution in [0, 0.1) is 0 Å². The van der Waals surface area contributed by atoms with Crippen molar-refractivity contribution in [3.8, 4) is 0 Å². The zero-order valence-corrected chi connectivity index (χ0v) is 9.64. The van der Waals surface area contributed by atoms with Crippen molar-refractivity contribution in [3.63, 3.8) is 0 Å². The zero-order chi connectivity index (χ0) is 11.6. The number of hydrogen-bond donors (Lipinski definition) is 2. The SMILES string of the molecule is CC(C)(c1ccccc1)C(O)c1ccc[nH]1. The van der Waals surface area contributed by atoms with Crippen molar-refractivity contribution in [2.24, 2.45) is 0 Å². The Bertz CT molecular complexity index is 431. The molecule has 2 aromatic rings. The van der Waals surface area contributed by atoms with Crippen molar-refractivity contribution in [2.45, 2.75) is 25.4 Å². The summed E-state index contributed by atoms with van der Waals surface area (Å²) < 4.78 is 0. The molecule has 0 aliphatic carbocycles. The van der Waals surface area contributed by atoms with E-state index in [1.54, 1.807) is 0 Å². The van der Waals surface area contributed by atoms with Crippen molar-refractivity contribution in [1.82, 2.24) is 4.98 Å². The topological polar surface area (TPSA) is 36.0 Å². The minimum absolute atomic E-state index is 0.299. The standard InChI is InChI=1S/C14H17NO/c1-14(2,11-7-4-3-5-8-11)13(16)12-9-6-10-15-12/h3-10,13,15-16H,1-2H3. The van der Waals surface area contributed by atoms with E-state index in [1.165, 1.54) is 0 Å². The van der Waals surface area contributed by atoms with Gasteiger partial charge in [0.25, 0.3) is 0 Å². The maximum absolute atomic E-state index is 10.4. The van der Waals surface area contributed by atoms with Crippen LogP contribution < -0.4 is 0 Å². The van der Waals surface area contributed by atoms with E-state index in [1.807, 2.05) is 62.5 Å². The van der Waals surface area contributed by atoms with Crippen molar-refractivity contribution in [3.05, 3.63) is 59.9 Å². The molecule has 2 heteroatoms. The highest BCUT2D eigenvalue weighted by atomic mass is 16.3. The van der Waals surface area contributed by atoms with Gasteiger partial charge < -0.3 is 10.1 Å². The normalized spacial score (nSPS) is 13.7. The highest BCUT2D eigenvalue weighted by molar-refractivity contribution is 5.28. The van der Waals surface area contributed by atoms with Crippen LogP contribution in [0.15, 0.2) is 48.7 Å². The number of benzene rings is 1. The van der Waals surface area contributed by atoms with Crippen LogP contribution >= 0.6 is 0 Å². The number of nitrogens with one attached hydrogen (secondary N) is 1. The van der Waals surface area contributed by atoms with Crippen LogP contribution in [-0.4, -0.2) is 10.1 Å². The van der Waals surface area contributed by atoms with Gasteiger partial charge in [0.1, 0.15) is 6.10 Å². The van der Waals surface area contributed by atoms with Crippen LogP contribution in [0.1, 0.15) is 31.2 Å². The molecule has 0 fully saturated rings. The summed E-state index contributed by atoms with van der Waals surface area (Å²) in [7, 11) is 0. The lowest BCUT2D eigenvalue weighted by Crippen LogP contribution is -2.26. The summed E-state index contributed by atoms with van der Waals surface area (Å²) in [4.78, 5) is 3.06. The summed E-state index contributed by atoms with van der Waals surface area (Å²) in [6.07, 6.45) is 1.31. The molecule has 1 aromatic carbocycles. The first-order valence-corrected chi connectivity index (χ1v) is 5.49. The Hall–Kier alpha value is -1.54. The lowest BCUT2D eigenvalue weighted by atomic mass is 9.78. The van der Waals surface area contributed by atoms with Gasteiger partial charge in [-0.3, -0.25) is 0 Å². The van der Waals surface area contributed by atoms with E-state index < -0.39 is 6.10 Å². The number of rotatable bonds is 3. The molecule has 16 heavy (non-hydrogen) atoms. The summed E-state index contributed by atoms with van der Waals surface area (Å²) in [6.45, 7) is 4.10. The molecule has 0 spiro atoms. The van der Waals surface area contributed by atoms with Gasteiger partial charge in [0.05, 0.1) is 0 Å². The molecule has 1 heterocycles. The van der Waals surface area contributed by atoms with Crippen LogP contribution in [0.2, 0.25) is 0 Å². The number of H-pyrrole nitrogens is 1. The lowest BCUT2D eigenvalue weighted by molar-refractivity contribution is 0.0966. The molecule has 0 radical (unpaired) electrons. The quantitative estimate of drug-likeness (QED) is 0.811. The van der Waals surface area contributed by atoms with Gasteiger partial charge in [-0.25, -0.2) is 0 Å². The fourth-order valence-corrected chi connectivity index (χ4v) is 1.93. The van der Waals surface area contributed by atoms with Crippen LogP contribution in [0.4, 0.5) is 0 Å². The molecule has 2 nitrogen and oxygen atoms in total. The number of aromatic amines is 1. The molecule has 0 aliphatic heterocycles. The fourth-order valence-electron chi connectivity index (χ4n) is 1.93. The molecule has 84 valence electrons. The monoisotopic (exact) mass is 215 g/mol. The van der Waals surface area contributed by atoms with Gasteiger partial charge in [-0.05, 0) is 17.7 Å².